The first kappa shape index (κ1) is 17.8. The Hall–Kier alpha value is -1.63. The number of aromatic nitrogens is 2. The van der Waals surface area contributed by atoms with Gasteiger partial charge in [-0.1, -0.05) is 35.2 Å². The number of carbonyl (C=O) groups excluding carboxylic acids is 1. The number of carbonyl (C=O) groups is 1. The second-order valence-electron chi connectivity index (χ2n) is 7.68. The van der Waals surface area contributed by atoms with Gasteiger partial charge in [-0.2, -0.15) is 0 Å². The van der Waals surface area contributed by atoms with E-state index >= 15 is 0 Å². The number of H-pyrrole nitrogens is 1. The van der Waals surface area contributed by atoms with Crippen molar-refractivity contribution >= 4 is 33.5 Å². The summed E-state index contributed by atoms with van der Waals surface area (Å²) in [5, 5.41) is 4.66. The van der Waals surface area contributed by atoms with E-state index < -0.39 is 11.1 Å². The number of alkyl halides is 1. The summed E-state index contributed by atoms with van der Waals surface area (Å²) in [4.78, 5) is 40.1. The molecule has 1 saturated carbocycles. The number of hydrogen-bond donors (Lipinski definition) is 2. The smallest absolute Gasteiger partial charge is 0.316 e. The molecule has 0 bridgehead atoms. The molecule has 3 aliphatic rings. The SMILES string of the molecule is O=C(CC1CCC2=c3c([nH]c(=O)c(=O)n31)=CC(Br)C2)NC1CCCCC1. The van der Waals surface area contributed by atoms with Gasteiger partial charge in [-0.3, -0.25) is 19.0 Å². The van der Waals surface area contributed by atoms with Gasteiger partial charge < -0.3 is 10.3 Å². The number of aromatic amines is 1. The second kappa shape index (κ2) is 7.18. The molecule has 0 saturated heterocycles. The molecule has 26 heavy (non-hydrogen) atoms. The minimum Gasteiger partial charge on any atom is -0.353 e. The number of amides is 1. The molecule has 2 heterocycles. The van der Waals surface area contributed by atoms with Crippen molar-refractivity contribution in [1.82, 2.24) is 14.9 Å². The van der Waals surface area contributed by atoms with Gasteiger partial charge in [0.05, 0.1) is 10.7 Å². The van der Waals surface area contributed by atoms with Crippen LogP contribution in [-0.4, -0.2) is 26.3 Å². The molecule has 0 spiro atoms. The Morgan fingerprint density at radius 3 is 2.77 bits per heavy atom. The van der Waals surface area contributed by atoms with Crippen molar-refractivity contribution in [2.75, 3.05) is 0 Å². The highest BCUT2D eigenvalue weighted by molar-refractivity contribution is 9.09. The van der Waals surface area contributed by atoms with Gasteiger partial charge in [0.2, 0.25) is 5.91 Å². The van der Waals surface area contributed by atoms with Crippen LogP contribution in [0.25, 0.3) is 11.6 Å². The first-order chi connectivity index (χ1) is 12.5. The van der Waals surface area contributed by atoms with Crippen molar-refractivity contribution in [2.45, 2.75) is 74.7 Å². The van der Waals surface area contributed by atoms with Crippen molar-refractivity contribution < 1.29 is 4.79 Å². The lowest BCUT2D eigenvalue weighted by Gasteiger charge is -2.29. The molecule has 2 aliphatic carbocycles. The minimum absolute atomic E-state index is 0.00978. The van der Waals surface area contributed by atoms with Gasteiger partial charge in [0, 0.05) is 23.3 Å². The maximum Gasteiger partial charge on any atom is 0.316 e. The molecule has 7 heteroatoms. The van der Waals surface area contributed by atoms with Crippen LogP contribution in [0.2, 0.25) is 0 Å². The highest BCUT2D eigenvalue weighted by atomic mass is 79.9. The molecule has 2 atom stereocenters. The second-order valence-corrected chi connectivity index (χ2v) is 8.86. The molecule has 140 valence electrons. The third-order valence-corrected chi connectivity index (χ3v) is 6.40. The van der Waals surface area contributed by atoms with Crippen LogP contribution in [0.5, 0.6) is 0 Å². The van der Waals surface area contributed by atoms with Gasteiger partial charge in [0.15, 0.2) is 0 Å². The minimum atomic E-state index is -0.611. The van der Waals surface area contributed by atoms with Crippen LogP contribution in [0.15, 0.2) is 9.59 Å². The molecule has 1 aliphatic heterocycles. The summed E-state index contributed by atoms with van der Waals surface area (Å²) >= 11 is 3.59. The zero-order valence-corrected chi connectivity index (χ0v) is 16.3. The standard InChI is InChI=1S/C19H24BrN3O3/c20-12-8-11-6-7-14(10-16(24)21-13-4-2-1-3-5-13)23-17(11)15(9-12)22-18(25)19(23)26/h9,12-14H,1-8,10H2,(H,21,24)(H,22,25). The largest absolute Gasteiger partial charge is 0.353 e. The molecule has 2 unspecified atom stereocenters. The normalized spacial score (nSPS) is 25.3. The number of nitrogens with one attached hydrogen (secondary N) is 2. The lowest BCUT2D eigenvalue weighted by molar-refractivity contribution is -0.122. The Balaban J connectivity index is 1.65. The summed E-state index contributed by atoms with van der Waals surface area (Å²) in [6, 6.07) is 0.0143. The van der Waals surface area contributed by atoms with E-state index in [0.29, 0.717) is 5.35 Å². The fourth-order valence-corrected chi connectivity index (χ4v) is 5.26. The van der Waals surface area contributed by atoms with Crippen LogP contribution in [-0.2, 0) is 4.79 Å². The Morgan fingerprint density at radius 2 is 2.00 bits per heavy atom. The molecular formula is C19H24BrN3O3. The molecule has 1 aromatic heterocycles. The van der Waals surface area contributed by atoms with E-state index in [4.69, 9.17) is 0 Å². The average molecular weight is 422 g/mol. The summed E-state index contributed by atoms with van der Waals surface area (Å²) in [7, 11) is 0. The van der Waals surface area contributed by atoms with E-state index in [1.165, 1.54) is 12.0 Å². The van der Waals surface area contributed by atoms with Gasteiger partial charge in [-0.25, -0.2) is 0 Å². The first-order valence-corrected chi connectivity index (χ1v) is 10.5. The third kappa shape index (κ3) is 3.33. The van der Waals surface area contributed by atoms with E-state index in [1.54, 1.807) is 4.57 Å². The lowest BCUT2D eigenvalue weighted by Crippen LogP contribution is -2.58. The highest BCUT2D eigenvalue weighted by Crippen LogP contribution is 2.28. The topological polar surface area (TPSA) is 84.0 Å². The third-order valence-electron chi connectivity index (χ3n) is 5.82. The summed E-state index contributed by atoms with van der Waals surface area (Å²) in [5.41, 5.74) is 0.0278. The molecule has 1 aromatic rings. The first-order valence-electron chi connectivity index (χ1n) is 9.55. The van der Waals surface area contributed by atoms with E-state index in [0.717, 1.165) is 50.3 Å². The van der Waals surface area contributed by atoms with Crippen molar-refractivity contribution in [3.63, 3.8) is 0 Å². The molecular weight excluding hydrogens is 398 g/mol. The number of halogens is 1. The van der Waals surface area contributed by atoms with Crippen LogP contribution in [0.4, 0.5) is 0 Å². The number of nitrogens with zero attached hydrogens (tertiary/aromatic N) is 1. The molecule has 6 nitrogen and oxygen atoms in total. The summed E-state index contributed by atoms with van der Waals surface area (Å²) in [5.74, 6) is -0.00978. The van der Waals surface area contributed by atoms with Gasteiger partial charge in [-0.15, -0.1) is 0 Å². The Morgan fingerprint density at radius 1 is 1.23 bits per heavy atom. The molecule has 1 amide bonds. The monoisotopic (exact) mass is 421 g/mol. The highest BCUT2D eigenvalue weighted by Gasteiger charge is 2.28. The van der Waals surface area contributed by atoms with Crippen molar-refractivity contribution in [1.29, 1.82) is 0 Å². The Bertz CT molecular complexity index is 956. The summed E-state index contributed by atoms with van der Waals surface area (Å²) in [6.45, 7) is 0. The van der Waals surface area contributed by atoms with Crippen LogP contribution in [0.1, 0.15) is 63.8 Å². The van der Waals surface area contributed by atoms with Crippen molar-refractivity contribution in [3.05, 3.63) is 31.4 Å². The number of rotatable bonds is 3. The Labute approximate surface area is 159 Å². The fraction of sp³-hybridized carbons (Fsp3) is 0.632. The molecule has 1 fully saturated rings. The van der Waals surface area contributed by atoms with Crippen molar-refractivity contribution in [3.8, 4) is 0 Å². The van der Waals surface area contributed by atoms with Crippen LogP contribution >= 0.6 is 15.9 Å². The average Bonchev–Trinajstić information content (AvgIpc) is 2.61. The molecule has 0 radical (unpaired) electrons. The van der Waals surface area contributed by atoms with Gasteiger partial charge in [0.1, 0.15) is 0 Å². The number of hydrogen-bond acceptors (Lipinski definition) is 3. The Kier molecular flexibility index (Phi) is 4.90. The van der Waals surface area contributed by atoms with E-state index in [-0.39, 0.29) is 29.2 Å². The summed E-state index contributed by atoms with van der Waals surface area (Å²) in [6.07, 6.45) is 10.3. The molecule has 4 rings (SSSR count). The molecule has 0 aromatic carbocycles. The van der Waals surface area contributed by atoms with E-state index in [9.17, 15) is 14.4 Å². The zero-order chi connectivity index (χ0) is 18.3. The van der Waals surface area contributed by atoms with Crippen LogP contribution in [0.3, 0.4) is 0 Å². The summed E-state index contributed by atoms with van der Waals surface area (Å²) < 4.78 is 1.59. The van der Waals surface area contributed by atoms with E-state index in [1.807, 2.05) is 6.08 Å². The van der Waals surface area contributed by atoms with Crippen molar-refractivity contribution in [2.24, 2.45) is 0 Å². The fourth-order valence-electron chi connectivity index (χ4n) is 4.61. The predicted octanol–water partition coefficient (Wildman–Crippen LogP) is 0.809. The van der Waals surface area contributed by atoms with Crippen LogP contribution in [0, 0.1) is 0 Å². The lowest BCUT2D eigenvalue weighted by atomic mass is 9.92. The predicted molar refractivity (Wildman–Crippen MR) is 104 cm³/mol. The van der Waals surface area contributed by atoms with Gasteiger partial charge in [0.25, 0.3) is 0 Å². The zero-order valence-electron chi connectivity index (χ0n) is 14.7. The quantitative estimate of drug-likeness (QED) is 0.559. The van der Waals surface area contributed by atoms with E-state index in [2.05, 4.69) is 26.2 Å². The molecule has 2 N–H and O–H groups in total. The van der Waals surface area contributed by atoms with Gasteiger partial charge in [-0.05, 0) is 43.8 Å². The van der Waals surface area contributed by atoms with Crippen LogP contribution < -0.4 is 27.1 Å². The maximum absolute atomic E-state index is 12.6. The van der Waals surface area contributed by atoms with Gasteiger partial charge >= 0.3 is 11.1 Å². The maximum atomic E-state index is 12.6.